The minimum Gasteiger partial charge on any atom is -0.481 e. The summed E-state index contributed by atoms with van der Waals surface area (Å²) in [5.74, 6) is 0.523. The fourth-order valence-electron chi connectivity index (χ4n) is 5.17. The highest BCUT2D eigenvalue weighted by Crippen LogP contribution is 2.56. The first-order valence-corrected chi connectivity index (χ1v) is 7.80. The molecule has 0 saturated heterocycles. The van der Waals surface area contributed by atoms with Crippen LogP contribution in [0.5, 0.6) is 0 Å². The molecule has 0 radical (unpaired) electrons. The number of rotatable bonds is 2. The lowest BCUT2D eigenvalue weighted by Crippen LogP contribution is -2.49. The molecule has 0 spiro atoms. The molecule has 1 aromatic carbocycles. The molecule has 2 aliphatic rings. The van der Waals surface area contributed by atoms with Gasteiger partial charge < -0.3 is 5.11 Å². The van der Waals surface area contributed by atoms with E-state index in [0.717, 1.165) is 19.3 Å². The van der Waals surface area contributed by atoms with Gasteiger partial charge in [0.15, 0.2) is 0 Å². The molecule has 2 fully saturated rings. The number of carbonyl (C=O) groups is 1. The zero-order valence-corrected chi connectivity index (χ0v) is 12.4. The molecule has 0 aromatic heterocycles. The van der Waals surface area contributed by atoms with Gasteiger partial charge in [0.25, 0.3) is 0 Å². The average Bonchev–Trinajstić information content (AvgIpc) is 2.37. The molecule has 2 bridgehead atoms. The molecule has 5 atom stereocenters. The molecule has 0 amide bonds. The Kier molecular flexibility index (Phi) is 3.35. The predicted molar refractivity (Wildman–Crippen MR) is 79.5 cm³/mol. The smallest absolute Gasteiger partial charge is 0.307 e. The van der Waals surface area contributed by atoms with Crippen molar-refractivity contribution in [3.63, 3.8) is 0 Å². The van der Waals surface area contributed by atoms with Crippen LogP contribution in [0.15, 0.2) is 30.3 Å². The highest BCUT2D eigenvalue weighted by molar-refractivity contribution is 5.71. The lowest BCUT2D eigenvalue weighted by molar-refractivity contribution is -0.150. The van der Waals surface area contributed by atoms with Crippen LogP contribution in [0.4, 0.5) is 0 Å². The van der Waals surface area contributed by atoms with Crippen LogP contribution in [-0.4, -0.2) is 11.1 Å². The van der Waals surface area contributed by atoms with Crippen molar-refractivity contribution in [1.82, 2.24) is 0 Å². The number of benzene rings is 1. The van der Waals surface area contributed by atoms with Crippen molar-refractivity contribution in [1.29, 1.82) is 0 Å². The van der Waals surface area contributed by atoms with E-state index >= 15 is 0 Å². The van der Waals surface area contributed by atoms with Gasteiger partial charge in [-0.2, -0.15) is 0 Å². The van der Waals surface area contributed by atoms with Gasteiger partial charge in [0.1, 0.15) is 0 Å². The normalized spacial score (nSPS) is 40.3. The molecule has 2 nitrogen and oxygen atoms in total. The van der Waals surface area contributed by atoms with Crippen LogP contribution in [0.2, 0.25) is 0 Å². The Bertz CT molecular complexity index is 491. The van der Waals surface area contributed by atoms with Crippen molar-refractivity contribution < 1.29 is 9.90 Å². The van der Waals surface area contributed by atoms with Gasteiger partial charge in [-0.1, -0.05) is 44.2 Å². The third kappa shape index (κ3) is 2.15. The molecule has 2 heteroatoms. The topological polar surface area (TPSA) is 37.3 Å². The summed E-state index contributed by atoms with van der Waals surface area (Å²) in [6.45, 7) is 4.43. The maximum atomic E-state index is 11.6. The first-order valence-electron chi connectivity index (χ1n) is 7.80. The average molecular weight is 272 g/mol. The zero-order chi connectivity index (χ0) is 14.3. The molecular formula is C18H24O2. The van der Waals surface area contributed by atoms with Crippen LogP contribution in [0.25, 0.3) is 0 Å². The lowest BCUT2D eigenvalue weighted by atomic mass is 9.51. The molecule has 108 valence electrons. The van der Waals surface area contributed by atoms with Gasteiger partial charge in [-0.15, -0.1) is 0 Å². The molecule has 2 saturated carbocycles. The summed E-state index contributed by atoms with van der Waals surface area (Å²) in [5, 5.41) is 9.56. The first-order chi connectivity index (χ1) is 9.52. The Morgan fingerprint density at radius 1 is 1.15 bits per heavy atom. The molecule has 0 aliphatic heterocycles. The van der Waals surface area contributed by atoms with Gasteiger partial charge in [0.2, 0.25) is 0 Å². The molecule has 3 rings (SSSR count). The quantitative estimate of drug-likeness (QED) is 0.880. The van der Waals surface area contributed by atoms with E-state index in [1.54, 1.807) is 0 Å². The van der Waals surface area contributed by atoms with Crippen molar-refractivity contribution in [2.45, 2.75) is 44.9 Å². The Morgan fingerprint density at radius 2 is 1.85 bits per heavy atom. The highest BCUT2D eigenvalue weighted by atomic mass is 16.4. The van der Waals surface area contributed by atoms with Gasteiger partial charge in [0.05, 0.1) is 5.92 Å². The first kappa shape index (κ1) is 13.7. The molecule has 20 heavy (non-hydrogen) atoms. The van der Waals surface area contributed by atoms with E-state index in [4.69, 9.17) is 0 Å². The standard InChI is InChI=1S/C18H24O2/c1-12-8-14-11-18(9-12,15-6-4-3-5-7-15)10-13(2)16(14)17(19)20/h3-7,12-14,16H,8-11H2,1-2H3,(H,19,20). The van der Waals surface area contributed by atoms with E-state index in [2.05, 4.69) is 44.2 Å². The van der Waals surface area contributed by atoms with Crippen LogP contribution in [-0.2, 0) is 10.2 Å². The highest BCUT2D eigenvalue weighted by Gasteiger charge is 2.51. The van der Waals surface area contributed by atoms with Crippen molar-refractivity contribution in [2.24, 2.45) is 23.7 Å². The fraction of sp³-hybridized carbons (Fsp3) is 0.611. The molecule has 2 aliphatic carbocycles. The number of hydrogen-bond acceptors (Lipinski definition) is 1. The van der Waals surface area contributed by atoms with E-state index < -0.39 is 5.97 Å². The van der Waals surface area contributed by atoms with Crippen LogP contribution in [0, 0.1) is 23.7 Å². The maximum absolute atomic E-state index is 11.6. The Balaban J connectivity index is 1.99. The summed E-state index contributed by atoms with van der Waals surface area (Å²) in [6.07, 6.45) is 4.37. The third-order valence-corrected chi connectivity index (χ3v) is 5.60. The summed E-state index contributed by atoms with van der Waals surface area (Å²) in [5.41, 5.74) is 1.64. The van der Waals surface area contributed by atoms with Gasteiger partial charge >= 0.3 is 5.97 Å². The molecule has 1 aromatic rings. The van der Waals surface area contributed by atoms with Gasteiger partial charge in [-0.3, -0.25) is 4.79 Å². The molecule has 1 N–H and O–H groups in total. The number of carboxylic acids is 1. The molecule has 0 heterocycles. The number of hydrogen-bond donors (Lipinski definition) is 1. The van der Waals surface area contributed by atoms with Crippen LogP contribution >= 0.6 is 0 Å². The second-order valence-corrected chi connectivity index (χ2v) is 7.20. The van der Waals surface area contributed by atoms with Gasteiger partial charge in [0, 0.05) is 0 Å². The van der Waals surface area contributed by atoms with Crippen molar-refractivity contribution in [3.05, 3.63) is 35.9 Å². The van der Waals surface area contributed by atoms with E-state index in [-0.39, 0.29) is 17.3 Å². The van der Waals surface area contributed by atoms with Gasteiger partial charge in [-0.05, 0) is 54.4 Å². The third-order valence-electron chi connectivity index (χ3n) is 5.60. The molecule has 5 unspecified atom stereocenters. The SMILES string of the molecule is CC1CC2CC(c3ccccc3)(C1)CC(C)C2C(=O)O. The summed E-state index contributed by atoms with van der Waals surface area (Å²) in [4.78, 5) is 11.6. The van der Waals surface area contributed by atoms with Crippen molar-refractivity contribution in [2.75, 3.05) is 0 Å². The van der Waals surface area contributed by atoms with Crippen LogP contribution < -0.4 is 0 Å². The summed E-state index contributed by atoms with van der Waals surface area (Å²) in [7, 11) is 0. The maximum Gasteiger partial charge on any atom is 0.307 e. The molecular weight excluding hydrogens is 248 g/mol. The van der Waals surface area contributed by atoms with Crippen LogP contribution in [0.3, 0.4) is 0 Å². The second kappa shape index (κ2) is 4.91. The minimum atomic E-state index is -0.585. The number of fused-ring (bicyclic) bond motifs is 2. The van der Waals surface area contributed by atoms with E-state index in [9.17, 15) is 9.90 Å². The minimum absolute atomic E-state index is 0.144. The number of aliphatic carboxylic acids is 1. The zero-order valence-electron chi connectivity index (χ0n) is 12.4. The summed E-state index contributed by atoms with van der Waals surface area (Å²) in [6, 6.07) is 10.8. The lowest BCUT2D eigenvalue weighted by Gasteiger charge is -2.52. The summed E-state index contributed by atoms with van der Waals surface area (Å²) < 4.78 is 0. The van der Waals surface area contributed by atoms with E-state index in [1.165, 1.54) is 12.0 Å². The predicted octanol–water partition coefficient (Wildman–Crippen LogP) is 4.10. The van der Waals surface area contributed by atoms with Crippen molar-refractivity contribution in [3.8, 4) is 0 Å². The monoisotopic (exact) mass is 272 g/mol. The van der Waals surface area contributed by atoms with E-state index in [0.29, 0.717) is 11.8 Å². The van der Waals surface area contributed by atoms with E-state index in [1.807, 2.05) is 0 Å². The second-order valence-electron chi connectivity index (χ2n) is 7.20. The Hall–Kier alpha value is -1.31. The Morgan fingerprint density at radius 3 is 2.50 bits per heavy atom. The van der Waals surface area contributed by atoms with Gasteiger partial charge in [-0.25, -0.2) is 0 Å². The van der Waals surface area contributed by atoms with Crippen molar-refractivity contribution >= 4 is 5.97 Å². The fourth-order valence-corrected chi connectivity index (χ4v) is 5.17. The van der Waals surface area contributed by atoms with Crippen LogP contribution in [0.1, 0.15) is 45.1 Å². The Labute approximate surface area is 121 Å². The summed E-state index contributed by atoms with van der Waals surface area (Å²) >= 11 is 0. The largest absolute Gasteiger partial charge is 0.481 e. The number of carboxylic acid groups (broad SMARTS) is 1.